The predicted octanol–water partition coefficient (Wildman–Crippen LogP) is 3.33. The number of hydrazone groups is 1. The fourth-order valence-electron chi connectivity index (χ4n) is 2.15. The summed E-state index contributed by atoms with van der Waals surface area (Å²) in [7, 11) is 1.48. The minimum Gasteiger partial charge on any atom is -0.493 e. The molecule has 2 N–H and O–H groups in total. The van der Waals surface area contributed by atoms with Crippen molar-refractivity contribution in [3.63, 3.8) is 0 Å². The van der Waals surface area contributed by atoms with E-state index in [0.717, 1.165) is 5.56 Å². The smallest absolute Gasteiger partial charge is 0.329 e. The van der Waals surface area contributed by atoms with E-state index in [1.54, 1.807) is 24.3 Å². The number of benzene rings is 2. The molecule has 152 valence electrons. The number of nitrogens with zero attached hydrogens (tertiary/aromatic N) is 1. The molecule has 0 aliphatic rings. The van der Waals surface area contributed by atoms with Gasteiger partial charge in [0.1, 0.15) is 6.61 Å². The van der Waals surface area contributed by atoms with Gasteiger partial charge in [-0.05, 0) is 35.4 Å². The Labute approximate surface area is 178 Å². The van der Waals surface area contributed by atoms with Gasteiger partial charge in [-0.2, -0.15) is 5.10 Å². The first kappa shape index (κ1) is 22.3. The molecule has 0 saturated carbocycles. The molecule has 9 heteroatoms. The molecule has 2 aromatic rings. The van der Waals surface area contributed by atoms with Gasteiger partial charge in [-0.15, -0.1) is 6.58 Å². The quantitative estimate of drug-likeness (QED) is 0.288. The van der Waals surface area contributed by atoms with Crippen molar-refractivity contribution in [1.29, 1.82) is 0 Å². The molecule has 0 fully saturated rings. The first-order chi connectivity index (χ1) is 13.9. The van der Waals surface area contributed by atoms with Crippen LogP contribution in [0.25, 0.3) is 0 Å². The van der Waals surface area contributed by atoms with E-state index in [4.69, 9.17) is 32.7 Å². The molecule has 0 saturated heterocycles. The molecule has 0 heterocycles. The molecule has 0 bridgehead atoms. The summed E-state index contributed by atoms with van der Waals surface area (Å²) in [5.41, 5.74) is 3.57. The second-order valence-electron chi connectivity index (χ2n) is 5.65. The number of ether oxygens (including phenoxy) is 2. The van der Waals surface area contributed by atoms with E-state index in [2.05, 4.69) is 22.4 Å². The van der Waals surface area contributed by atoms with Crippen LogP contribution in [0.3, 0.4) is 0 Å². The fraction of sp³-hybridized carbons (Fsp3) is 0.150. The zero-order valence-electron chi connectivity index (χ0n) is 15.6. The van der Waals surface area contributed by atoms with Gasteiger partial charge < -0.3 is 14.8 Å². The summed E-state index contributed by atoms with van der Waals surface area (Å²) < 4.78 is 11.1. The Morgan fingerprint density at radius 2 is 1.90 bits per heavy atom. The van der Waals surface area contributed by atoms with Crippen molar-refractivity contribution in [2.45, 2.75) is 6.61 Å². The molecule has 0 aliphatic heterocycles. The van der Waals surface area contributed by atoms with E-state index in [9.17, 15) is 9.59 Å². The van der Waals surface area contributed by atoms with Gasteiger partial charge in [-0.1, -0.05) is 41.4 Å². The third-order valence-corrected chi connectivity index (χ3v) is 4.07. The Bertz CT molecular complexity index is 915. The molecule has 2 rings (SSSR count). The number of amides is 2. The molecule has 0 spiro atoms. The minimum absolute atomic E-state index is 0.181. The van der Waals surface area contributed by atoms with Crippen LogP contribution in [-0.4, -0.2) is 31.7 Å². The lowest BCUT2D eigenvalue weighted by molar-refractivity contribution is -0.139. The van der Waals surface area contributed by atoms with Crippen molar-refractivity contribution >= 4 is 41.2 Å². The van der Waals surface area contributed by atoms with Gasteiger partial charge in [0, 0.05) is 11.6 Å². The van der Waals surface area contributed by atoms with Crippen LogP contribution in [0.2, 0.25) is 10.0 Å². The molecule has 0 aliphatic carbocycles. The maximum Gasteiger partial charge on any atom is 0.329 e. The standard InChI is InChI=1S/C20H19Cl2N3O4/c1-3-8-23-19(26)20(27)25-24-11-14-9-16(22)18(17(10-14)28-2)29-12-13-4-6-15(21)7-5-13/h3-7,9-11H,1,8,12H2,2H3,(H,23,26)(H,25,27)/b24-11-. The summed E-state index contributed by atoms with van der Waals surface area (Å²) in [4.78, 5) is 23.0. The van der Waals surface area contributed by atoms with Gasteiger partial charge in [0.25, 0.3) is 0 Å². The third kappa shape index (κ3) is 6.81. The number of methoxy groups -OCH3 is 1. The van der Waals surface area contributed by atoms with Crippen LogP contribution >= 0.6 is 23.2 Å². The van der Waals surface area contributed by atoms with E-state index in [-0.39, 0.29) is 13.2 Å². The number of nitrogens with one attached hydrogen (secondary N) is 2. The van der Waals surface area contributed by atoms with Crippen LogP contribution in [0.5, 0.6) is 11.5 Å². The number of rotatable bonds is 8. The molecule has 7 nitrogen and oxygen atoms in total. The van der Waals surface area contributed by atoms with E-state index in [1.165, 1.54) is 19.4 Å². The summed E-state index contributed by atoms with van der Waals surface area (Å²) in [6.07, 6.45) is 2.79. The van der Waals surface area contributed by atoms with Crippen molar-refractivity contribution < 1.29 is 19.1 Å². The van der Waals surface area contributed by atoms with E-state index < -0.39 is 11.8 Å². The SMILES string of the molecule is C=CCNC(=O)C(=O)N/N=C\c1cc(Cl)c(OCc2ccc(Cl)cc2)c(OC)c1. The van der Waals surface area contributed by atoms with Crippen LogP contribution in [-0.2, 0) is 16.2 Å². The molecule has 0 unspecified atom stereocenters. The predicted molar refractivity (Wildman–Crippen MR) is 113 cm³/mol. The Morgan fingerprint density at radius 1 is 1.17 bits per heavy atom. The number of hydrogen-bond acceptors (Lipinski definition) is 5. The van der Waals surface area contributed by atoms with E-state index in [0.29, 0.717) is 27.1 Å². The average Bonchev–Trinajstić information content (AvgIpc) is 2.71. The van der Waals surface area contributed by atoms with Crippen LogP contribution in [0, 0.1) is 0 Å². The van der Waals surface area contributed by atoms with Crippen molar-refractivity contribution in [2.24, 2.45) is 5.10 Å². The van der Waals surface area contributed by atoms with Gasteiger partial charge in [0.15, 0.2) is 11.5 Å². The van der Waals surface area contributed by atoms with E-state index >= 15 is 0 Å². The summed E-state index contributed by atoms with van der Waals surface area (Å²) >= 11 is 12.2. The van der Waals surface area contributed by atoms with Crippen LogP contribution in [0.15, 0.2) is 54.2 Å². The Hall–Kier alpha value is -3.03. The van der Waals surface area contributed by atoms with Gasteiger partial charge in [0.2, 0.25) is 0 Å². The third-order valence-electron chi connectivity index (χ3n) is 3.54. The topological polar surface area (TPSA) is 89.0 Å². The van der Waals surface area contributed by atoms with Crippen molar-refractivity contribution in [3.05, 3.63) is 70.2 Å². The Morgan fingerprint density at radius 3 is 2.55 bits per heavy atom. The molecular weight excluding hydrogens is 417 g/mol. The number of carbonyl (C=O) groups is 2. The summed E-state index contributed by atoms with van der Waals surface area (Å²) in [5, 5.41) is 7.02. The molecule has 0 aromatic heterocycles. The lowest BCUT2D eigenvalue weighted by Crippen LogP contribution is -2.37. The van der Waals surface area contributed by atoms with Gasteiger partial charge >= 0.3 is 11.8 Å². The highest BCUT2D eigenvalue weighted by atomic mass is 35.5. The van der Waals surface area contributed by atoms with Crippen LogP contribution in [0.4, 0.5) is 0 Å². The summed E-state index contributed by atoms with van der Waals surface area (Å²) in [6, 6.07) is 10.5. The molecular formula is C20H19Cl2N3O4. The van der Waals surface area contributed by atoms with E-state index in [1.807, 2.05) is 12.1 Å². The number of hydrogen-bond donors (Lipinski definition) is 2. The first-order valence-corrected chi connectivity index (χ1v) is 9.17. The molecule has 29 heavy (non-hydrogen) atoms. The number of halogens is 2. The highest BCUT2D eigenvalue weighted by molar-refractivity contribution is 6.35. The fourth-order valence-corrected chi connectivity index (χ4v) is 2.55. The second kappa shape index (κ2) is 11.1. The zero-order valence-corrected chi connectivity index (χ0v) is 17.1. The molecule has 0 radical (unpaired) electrons. The normalized spacial score (nSPS) is 10.4. The summed E-state index contributed by atoms with van der Waals surface area (Å²) in [5.74, 6) is -0.954. The maximum absolute atomic E-state index is 11.6. The monoisotopic (exact) mass is 435 g/mol. The minimum atomic E-state index is -0.899. The lowest BCUT2D eigenvalue weighted by atomic mass is 10.2. The lowest BCUT2D eigenvalue weighted by Gasteiger charge is -2.13. The zero-order chi connectivity index (χ0) is 21.2. The summed E-state index contributed by atoms with van der Waals surface area (Å²) in [6.45, 7) is 3.90. The van der Waals surface area contributed by atoms with Crippen LogP contribution in [0.1, 0.15) is 11.1 Å². The molecule has 2 amide bonds. The van der Waals surface area contributed by atoms with Gasteiger partial charge in [-0.25, -0.2) is 5.43 Å². The maximum atomic E-state index is 11.6. The molecule has 2 aromatic carbocycles. The van der Waals surface area contributed by atoms with Crippen molar-refractivity contribution in [3.8, 4) is 11.5 Å². The second-order valence-corrected chi connectivity index (χ2v) is 6.49. The van der Waals surface area contributed by atoms with Crippen molar-refractivity contribution in [2.75, 3.05) is 13.7 Å². The Kier molecular flexibility index (Phi) is 8.51. The highest BCUT2D eigenvalue weighted by Crippen LogP contribution is 2.36. The van der Waals surface area contributed by atoms with Crippen molar-refractivity contribution in [1.82, 2.24) is 10.7 Å². The largest absolute Gasteiger partial charge is 0.493 e. The highest BCUT2D eigenvalue weighted by Gasteiger charge is 2.13. The first-order valence-electron chi connectivity index (χ1n) is 8.41. The van der Waals surface area contributed by atoms with Gasteiger partial charge in [-0.3, -0.25) is 9.59 Å². The average molecular weight is 436 g/mol. The van der Waals surface area contributed by atoms with Gasteiger partial charge in [0.05, 0.1) is 18.3 Å². The number of carbonyl (C=O) groups excluding carboxylic acids is 2. The molecule has 0 atom stereocenters. The van der Waals surface area contributed by atoms with Crippen LogP contribution < -0.4 is 20.2 Å². The Balaban J connectivity index is 2.04.